The van der Waals surface area contributed by atoms with Crippen LogP contribution in [0.3, 0.4) is 0 Å². The van der Waals surface area contributed by atoms with Crippen LogP contribution < -0.4 is 31.8 Å². The number of phenolic OH excluding ortho intramolecular Hbond substituents is 4. The average Bonchev–Trinajstić information content (AvgIpc) is 0.866. The van der Waals surface area contributed by atoms with E-state index in [9.17, 15) is 20.4 Å². The van der Waals surface area contributed by atoms with Crippen LogP contribution in [-0.2, 0) is 17.1 Å². The SMILES string of the molecule is C[C@H](N=Cc1cc2ccccc2c(-c2c(O)ccc3ccccc23)c1O)c1ccccc1P(c1ccccc1)c1ccccc1.C[C@H](N=Cc1cc2ccccc2c(-c2c(O)ccc3ccccc23)c1O)c1ccccc1P(c1ccccc1)c1ccccc1.[Cu]. The van der Waals surface area contributed by atoms with Crippen LogP contribution >= 0.6 is 15.8 Å². The van der Waals surface area contributed by atoms with Crippen molar-refractivity contribution in [2.75, 3.05) is 0 Å². The van der Waals surface area contributed by atoms with Crippen molar-refractivity contribution in [3.63, 3.8) is 0 Å². The van der Waals surface area contributed by atoms with E-state index in [4.69, 9.17) is 9.98 Å². The molecular formula is C82H64CuN2O4P2. The Morgan fingerprint density at radius 2 is 0.571 bits per heavy atom. The Morgan fingerprint density at radius 1 is 0.297 bits per heavy atom. The van der Waals surface area contributed by atoms with E-state index in [1.54, 1.807) is 24.6 Å². The minimum atomic E-state index is -0.801. The summed E-state index contributed by atoms with van der Waals surface area (Å²) in [6.45, 7) is 4.21. The molecule has 0 spiro atoms. The summed E-state index contributed by atoms with van der Waals surface area (Å²) in [5, 5.41) is 61.0. The Balaban J connectivity index is 0.000000174. The fourth-order valence-corrected chi connectivity index (χ4v) is 17.4. The number of aromatic hydroxyl groups is 4. The van der Waals surface area contributed by atoms with Gasteiger partial charge in [-0.1, -0.05) is 279 Å². The number of phenols is 4. The second-order valence-electron chi connectivity index (χ2n) is 22.2. The van der Waals surface area contributed by atoms with E-state index in [0.717, 1.165) is 54.2 Å². The summed E-state index contributed by atoms with van der Waals surface area (Å²) >= 11 is 0. The molecule has 1 radical (unpaired) electrons. The van der Waals surface area contributed by atoms with E-state index in [-0.39, 0.29) is 52.2 Å². The molecule has 14 aromatic carbocycles. The summed E-state index contributed by atoms with van der Waals surface area (Å²) in [6.07, 6.45) is 3.56. The fourth-order valence-electron chi connectivity index (χ4n) is 12.3. The number of hydrogen-bond acceptors (Lipinski definition) is 6. The molecule has 0 aliphatic carbocycles. The van der Waals surface area contributed by atoms with Crippen LogP contribution in [0.5, 0.6) is 23.0 Å². The molecule has 447 valence electrons. The maximum Gasteiger partial charge on any atom is 0.132 e. The van der Waals surface area contributed by atoms with Crippen molar-refractivity contribution in [1.29, 1.82) is 0 Å². The summed E-state index contributed by atoms with van der Waals surface area (Å²) < 4.78 is 0. The van der Waals surface area contributed by atoms with Gasteiger partial charge in [-0.25, -0.2) is 0 Å². The van der Waals surface area contributed by atoms with Gasteiger partial charge in [-0.15, -0.1) is 0 Å². The molecule has 0 unspecified atom stereocenters. The second-order valence-corrected chi connectivity index (χ2v) is 26.6. The first-order valence-electron chi connectivity index (χ1n) is 30.2. The number of hydrogen-bond donors (Lipinski definition) is 4. The molecule has 14 rings (SSSR count). The molecule has 9 heteroatoms. The Hall–Kier alpha value is -9.96. The van der Waals surface area contributed by atoms with E-state index in [0.29, 0.717) is 33.4 Å². The summed E-state index contributed by atoms with van der Waals surface area (Å²) in [5.74, 6) is 0.447. The molecule has 91 heavy (non-hydrogen) atoms. The molecule has 0 aromatic heterocycles. The molecule has 0 fully saturated rings. The fraction of sp³-hybridized carbons (Fsp3) is 0.0488. The molecule has 2 atom stereocenters. The van der Waals surface area contributed by atoms with Gasteiger partial charge in [0.05, 0.1) is 12.1 Å². The quantitative estimate of drug-likeness (QED) is 0.0494. The Morgan fingerprint density at radius 3 is 0.912 bits per heavy atom. The molecule has 0 aliphatic rings. The largest absolute Gasteiger partial charge is 0.507 e. The van der Waals surface area contributed by atoms with Crippen LogP contribution in [0.4, 0.5) is 0 Å². The van der Waals surface area contributed by atoms with E-state index in [1.165, 1.54) is 31.8 Å². The van der Waals surface area contributed by atoms with Gasteiger partial charge >= 0.3 is 0 Å². The summed E-state index contributed by atoms with van der Waals surface area (Å²) in [4.78, 5) is 10.1. The minimum absolute atomic E-state index is 0. The maximum atomic E-state index is 11.8. The molecular weight excluding hydrogens is 1200 g/mol. The third-order valence-corrected chi connectivity index (χ3v) is 21.6. The van der Waals surface area contributed by atoms with Gasteiger partial charge in [0.25, 0.3) is 0 Å². The first-order valence-corrected chi connectivity index (χ1v) is 32.8. The number of rotatable bonds is 14. The van der Waals surface area contributed by atoms with Gasteiger partial charge in [0.2, 0.25) is 0 Å². The van der Waals surface area contributed by atoms with E-state index >= 15 is 0 Å². The first kappa shape index (κ1) is 61.3. The molecule has 0 aliphatic heterocycles. The maximum absolute atomic E-state index is 11.8. The van der Waals surface area contributed by atoms with Crippen molar-refractivity contribution in [1.82, 2.24) is 0 Å². The van der Waals surface area contributed by atoms with Crippen molar-refractivity contribution in [3.05, 3.63) is 326 Å². The Kier molecular flexibility index (Phi) is 18.7. The molecule has 4 N–H and O–H groups in total. The van der Waals surface area contributed by atoms with Crippen LogP contribution in [0.15, 0.2) is 313 Å². The van der Waals surface area contributed by atoms with Gasteiger partial charge in [0.15, 0.2) is 0 Å². The molecule has 0 amide bonds. The standard InChI is InChI=1S/2C41H32NO2P.Cu/c2*1-28(34-20-12-13-23-38(34)45(32-16-4-2-5-17-32)33-18-6-3-7-19-33)42-27-31-26-30-15-9-11-22-36(30)40(41(31)44)39-35-21-10-8-14-29(35)24-25-37(39)43;/h2*2-28,43-44H,1H3;/t2*28-;/m00./s1. The van der Waals surface area contributed by atoms with Crippen molar-refractivity contribution in [3.8, 4) is 45.3 Å². The molecule has 14 aromatic rings. The van der Waals surface area contributed by atoms with Crippen LogP contribution in [0.2, 0.25) is 0 Å². The third kappa shape index (κ3) is 12.7. The Bertz CT molecular complexity index is 4560. The molecule has 0 saturated carbocycles. The van der Waals surface area contributed by atoms with E-state index in [1.807, 2.05) is 121 Å². The van der Waals surface area contributed by atoms with Crippen LogP contribution in [0.1, 0.15) is 48.2 Å². The van der Waals surface area contributed by atoms with Crippen molar-refractivity contribution in [2.45, 2.75) is 25.9 Å². The van der Waals surface area contributed by atoms with E-state index < -0.39 is 15.8 Å². The minimum Gasteiger partial charge on any atom is -0.507 e. The molecule has 0 saturated heterocycles. The second kappa shape index (κ2) is 27.8. The number of nitrogens with zero attached hydrogens (tertiary/aromatic N) is 2. The molecule has 0 bridgehead atoms. The van der Waals surface area contributed by atoms with Crippen molar-refractivity contribution >= 4 is 103 Å². The van der Waals surface area contributed by atoms with Gasteiger partial charge in [-0.05, 0) is 140 Å². The number of fused-ring (bicyclic) bond motifs is 4. The zero-order valence-corrected chi connectivity index (χ0v) is 52.8. The predicted octanol–water partition coefficient (Wildman–Crippen LogP) is 18.0. The van der Waals surface area contributed by atoms with Crippen LogP contribution in [0.25, 0.3) is 65.3 Å². The van der Waals surface area contributed by atoms with Gasteiger partial charge in [-0.3, -0.25) is 9.98 Å². The van der Waals surface area contributed by atoms with Gasteiger partial charge in [0.1, 0.15) is 23.0 Å². The summed E-state index contributed by atoms with van der Waals surface area (Å²) in [5.41, 5.74) is 5.96. The predicted molar refractivity (Wildman–Crippen MR) is 383 cm³/mol. The van der Waals surface area contributed by atoms with Crippen LogP contribution in [0, 0.1) is 0 Å². The normalized spacial score (nSPS) is 12.2. The smallest absolute Gasteiger partial charge is 0.132 e. The van der Waals surface area contributed by atoms with Gasteiger partial charge < -0.3 is 20.4 Å². The molecule has 6 nitrogen and oxygen atoms in total. The number of benzene rings is 14. The molecule has 0 heterocycles. The van der Waals surface area contributed by atoms with Crippen molar-refractivity contribution < 1.29 is 37.5 Å². The third-order valence-electron chi connectivity index (χ3n) is 16.6. The number of aliphatic imine (C=N–C) groups is 2. The topological polar surface area (TPSA) is 106 Å². The zero-order chi connectivity index (χ0) is 61.5. The summed E-state index contributed by atoms with van der Waals surface area (Å²) in [7, 11) is -1.60. The first-order chi connectivity index (χ1) is 44.2. The summed E-state index contributed by atoms with van der Waals surface area (Å²) in [6, 6.07) is 102. The van der Waals surface area contributed by atoms with Crippen molar-refractivity contribution in [2.24, 2.45) is 9.98 Å². The average molecular weight is 1270 g/mol. The van der Waals surface area contributed by atoms with Gasteiger partial charge in [-0.2, -0.15) is 0 Å². The van der Waals surface area contributed by atoms with E-state index in [2.05, 4.69) is 184 Å². The van der Waals surface area contributed by atoms with Gasteiger partial charge in [0, 0.05) is 62.9 Å². The zero-order valence-electron chi connectivity index (χ0n) is 50.1. The van der Waals surface area contributed by atoms with Crippen LogP contribution in [-0.4, -0.2) is 32.9 Å². The monoisotopic (exact) mass is 1270 g/mol. The Labute approximate surface area is 543 Å².